The molecule has 5 nitrogen and oxygen atoms in total. The summed E-state index contributed by atoms with van der Waals surface area (Å²) in [5.41, 5.74) is 1.17. The first-order valence-corrected chi connectivity index (χ1v) is 9.72. The Labute approximate surface area is 146 Å². The van der Waals surface area contributed by atoms with Gasteiger partial charge in [0.2, 0.25) is 9.84 Å². The lowest BCUT2D eigenvalue weighted by atomic mass is 10.1. The molecular weight excluding hydrogens is 348 g/mol. The smallest absolute Gasteiger partial charge is 0.253 e. The van der Waals surface area contributed by atoms with Crippen LogP contribution in [0.1, 0.15) is 28.8 Å². The molecule has 0 N–H and O–H groups in total. The average Bonchev–Trinajstić information content (AvgIpc) is 3.09. The summed E-state index contributed by atoms with van der Waals surface area (Å²) < 4.78 is 24.9. The van der Waals surface area contributed by atoms with Gasteiger partial charge in [0.05, 0.1) is 10.8 Å². The van der Waals surface area contributed by atoms with E-state index in [0.29, 0.717) is 11.1 Å². The van der Waals surface area contributed by atoms with Crippen molar-refractivity contribution in [1.82, 2.24) is 9.88 Å². The van der Waals surface area contributed by atoms with Gasteiger partial charge in [-0.05, 0) is 42.7 Å². The summed E-state index contributed by atoms with van der Waals surface area (Å²) in [6.07, 6.45) is 3.47. The van der Waals surface area contributed by atoms with Crippen LogP contribution in [0.2, 0.25) is 5.02 Å². The van der Waals surface area contributed by atoms with Crippen molar-refractivity contribution in [2.45, 2.75) is 23.6 Å². The monoisotopic (exact) mass is 364 g/mol. The minimum absolute atomic E-state index is 0.00493. The first kappa shape index (κ1) is 16.9. The summed E-state index contributed by atoms with van der Waals surface area (Å²) in [7, 11) is -3.63. The van der Waals surface area contributed by atoms with Crippen molar-refractivity contribution in [3.63, 3.8) is 0 Å². The van der Waals surface area contributed by atoms with E-state index in [-0.39, 0.29) is 21.7 Å². The highest BCUT2D eigenvalue weighted by Crippen LogP contribution is 2.22. The molecule has 1 aromatic carbocycles. The van der Waals surface area contributed by atoms with E-state index in [1.54, 1.807) is 30.3 Å². The number of rotatable bonds is 4. The number of hydrogen-bond donors (Lipinski definition) is 0. The summed E-state index contributed by atoms with van der Waals surface area (Å²) in [4.78, 5) is 18.0. The Balaban J connectivity index is 1.76. The van der Waals surface area contributed by atoms with Crippen LogP contribution in [0.3, 0.4) is 0 Å². The van der Waals surface area contributed by atoms with Crippen LogP contribution in [-0.4, -0.2) is 37.3 Å². The Hall–Kier alpha value is -1.92. The van der Waals surface area contributed by atoms with Crippen LogP contribution in [0.4, 0.5) is 0 Å². The molecule has 7 heteroatoms. The maximum atomic E-state index is 12.4. The molecule has 1 saturated heterocycles. The summed E-state index contributed by atoms with van der Waals surface area (Å²) in [6.45, 7) is 1.57. The fraction of sp³-hybridized carbons (Fsp3) is 0.294. The third-order valence-electron chi connectivity index (χ3n) is 3.97. The van der Waals surface area contributed by atoms with Gasteiger partial charge in [-0.15, -0.1) is 0 Å². The van der Waals surface area contributed by atoms with Crippen molar-refractivity contribution < 1.29 is 13.2 Å². The normalized spacial score (nSPS) is 14.8. The Morgan fingerprint density at radius 2 is 1.79 bits per heavy atom. The van der Waals surface area contributed by atoms with E-state index >= 15 is 0 Å². The summed E-state index contributed by atoms with van der Waals surface area (Å²) in [6, 6.07) is 9.76. The van der Waals surface area contributed by atoms with Crippen LogP contribution in [-0.2, 0) is 15.6 Å². The topological polar surface area (TPSA) is 67.3 Å². The Bertz CT molecular complexity index is 844. The van der Waals surface area contributed by atoms with Gasteiger partial charge in [-0.2, -0.15) is 0 Å². The molecule has 24 heavy (non-hydrogen) atoms. The van der Waals surface area contributed by atoms with Crippen molar-refractivity contribution in [3.8, 4) is 0 Å². The molecule has 0 unspecified atom stereocenters. The highest BCUT2D eigenvalue weighted by Gasteiger charge is 2.22. The predicted molar refractivity (Wildman–Crippen MR) is 91.7 cm³/mol. The average molecular weight is 365 g/mol. The highest BCUT2D eigenvalue weighted by molar-refractivity contribution is 7.90. The minimum Gasteiger partial charge on any atom is -0.339 e. The van der Waals surface area contributed by atoms with Crippen molar-refractivity contribution in [2.75, 3.05) is 13.1 Å². The molecule has 1 amide bonds. The number of halogens is 1. The molecule has 2 heterocycles. The minimum atomic E-state index is -3.63. The lowest BCUT2D eigenvalue weighted by Crippen LogP contribution is -2.27. The van der Waals surface area contributed by atoms with Crippen molar-refractivity contribution in [1.29, 1.82) is 0 Å². The molecule has 3 rings (SSSR count). The standard InChI is InChI=1S/C17H17ClN2O3S/c18-15-4-3-9-19-16(15)24(22,23)12-13-5-7-14(8-6-13)17(21)20-10-1-2-11-20/h3-9H,1-2,10-12H2. The second-order valence-electron chi connectivity index (χ2n) is 5.75. The Kier molecular flexibility index (Phi) is 4.87. The maximum absolute atomic E-state index is 12.4. The molecule has 1 aromatic heterocycles. The zero-order chi connectivity index (χ0) is 17.2. The Morgan fingerprint density at radius 1 is 1.12 bits per heavy atom. The van der Waals surface area contributed by atoms with Gasteiger partial charge in [-0.1, -0.05) is 23.7 Å². The molecule has 2 aromatic rings. The molecule has 126 valence electrons. The largest absolute Gasteiger partial charge is 0.339 e. The van der Waals surface area contributed by atoms with E-state index in [9.17, 15) is 13.2 Å². The van der Waals surface area contributed by atoms with Crippen LogP contribution < -0.4 is 0 Å². The van der Waals surface area contributed by atoms with E-state index in [1.165, 1.54) is 12.3 Å². The predicted octanol–water partition coefficient (Wildman–Crippen LogP) is 2.94. The molecule has 0 spiro atoms. The van der Waals surface area contributed by atoms with Gasteiger partial charge in [0, 0.05) is 24.8 Å². The van der Waals surface area contributed by atoms with Crippen LogP contribution >= 0.6 is 11.6 Å². The van der Waals surface area contributed by atoms with Gasteiger partial charge >= 0.3 is 0 Å². The number of benzene rings is 1. The number of nitrogens with zero attached hydrogens (tertiary/aromatic N) is 2. The van der Waals surface area contributed by atoms with Crippen LogP contribution in [0, 0.1) is 0 Å². The summed E-state index contributed by atoms with van der Waals surface area (Å²) in [5.74, 6) is -0.211. The molecule has 1 aliphatic heterocycles. The van der Waals surface area contributed by atoms with Gasteiger partial charge in [0.25, 0.3) is 5.91 Å². The maximum Gasteiger partial charge on any atom is 0.253 e. The molecule has 1 aliphatic rings. The Morgan fingerprint density at radius 3 is 2.42 bits per heavy atom. The number of hydrogen-bond acceptors (Lipinski definition) is 4. The third-order valence-corrected chi connectivity index (χ3v) is 6.02. The molecule has 0 saturated carbocycles. The van der Waals surface area contributed by atoms with E-state index < -0.39 is 9.84 Å². The molecular formula is C17H17ClN2O3S. The SMILES string of the molecule is O=C(c1ccc(CS(=O)(=O)c2ncccc2Cl)cc1)N1CCCC1. The second kappa shape index (κ2) is 6.91. The lowest BCUT2D eigenvalue weighted by Gasteiger charge is -2.15. The number of carbonyl (C=O) groups is 1. The number of amides is 1. The van der Waals surface area contributed by atoms with Crippen LogP contribution in [0.25, 0.3) is 0 Å². The van der Waals surface area contributed by atoms with Crippen molar-refractivity contribution in [3.05, 3.63) is 58.7 Å². The molecule has 0 atom stereocenters. The third kappa shape index (κ3) is 3.60. The van der Waals surface area contributed by atoms with Crippen molar-refractivity contribution >= 4 is 27.3 Å². The zero-order valence-electron chi connectivity index (χ0n) is 13.0. The second-order valence-corrected chi connectivity index (χ2v) is 8.06. The van der Waals surface area contributed by atoms with Gasteiger partial charge in [0.1, 0.15) is 0 Å². The summed E-state index contributed by atoms with van der Waals surface area (Å²) >= 11 is 5.92. The molecule has 0 bridgehead atoms. The summed E-state index contributed by atoms with van der Waals surface area (Å²) in [5, 5.41) is -0.0118. The number of aromatic nitrogens is 1. The van der Waals surface area contributed by atoms with Crippen molar-refractivity contribution in [2.24, 2.45) is 0 Å². The van der Waals surface area contributed by atoms with Gasteiger partial charge in [0.15, 0.2) is 5.03 Å². The number of sulfone groups is 1. The first-order chi connectivity index (χ1) is 11.5. The fourth-order valence-electron chi connectivity index (χ4n) is 2.73. The highest BCUT2D eigenvalue weighted by atomic mass is 35.5. The van der Waals surface area contributed by atoms with Crippen LogP contribution in [0.15, 0.2) is 47.6 Å². The van der Waals surface area contributed by atoms with Gasteiger partial charge in [-0.25, -0.2) is 13.4 Å². The van der Waals surface area contributed by atoms with Gasteiger partial charge < -0.3 is 4.90 Å². The molecule has 1 fully saturated rings. The van der Waals surface area contributed by atoms with E-state index in [2.05, 4.69) is 4.98 Å². The first-order valence-electron chi connectivity index (χ1n) is 7.69. The molecule has 0 radical (unpaired) electrons. The number of likely N-dealkylation sites (tertiary alicyclic amines) is 1. The lowest BCUT2D eigenvalue weighted by molar-refractivity contribution is 0.0793. The van der Waals surface area contributed by atoms with E-state index in [1.807, 2.05) is 4.90 Å². The van der Waals surface area contributed by atoms with E-state index in [0.717, 1.165) is 25.9 Å². The van der Waals surface area contributed by atoms with Gasteiger partial charge in [-0.3, -0.25) is 4.79 Å². The quantitative estimate of drug-likeness (QED) is 0.836. The zero-order valence-corrected chi connectivity index (χ0v) is 14.6. The number of carbonyl (C=O) groups excluding carboxylic acids is 1. The fourth-order valence-corrected chi connectivity index (χ4v) is 4.56. The molecule has 0 aliphatic carbocycles. The van der Waals surface area contributed by atoms with E-state index in [4.69, 9.17) is 11.6 Å². The number of pyridine rings is 1. The van der Waals surface area contributed by atoms with Crippen LogP contribution in [0.5, 0.6) is 0 Å².